The Morgan fingerprint density at radius 2 is 1.23 bits per heavy atom. The van der Waals surface area contributed by atoms with Crippen LogP contribution in [0.2, 0.25) is 0 Å². The van der Waals surface area contributed by atoms with E-state index in [4.69, 9.17) is 0 Å². The van der Waals surface area contributed by atoms with Gasteiger partial charge in [0, 0.05) is 0 Å². The fourth-order valence-electron chi connectivity index (χ4n) is 3.07. The lowest BCUT2D eigenvalue weighted by Gasteiger charge is -2.62. The molecule has 4 aliphatic rings. The topological polar surface area (TPSA) is 9.72 Å². The van der Waals surface area contributed by atoms with Crippen molar-refractivity contribution >= 4 is 0 Å². The molecule has 0 N–H and O–H groups in total. The highest BCUT2D eigenvalue weighted by molar-refractivity contribution is 4.74. The van der Waals surface area contributed by atoms with Crippen LogP contribution in [-0.4, -0.2) is 65.2 Å². The van der Waals surface area contributed by atoms with Crippen molar-refractivity contribution in [2.75, 3.05) is 40.0 Å². The zero-order chi connectivity index (χ0) is 9.05. The van der Waals surface area contributed by atoms with E-state index < -0.39 is 0 Å². The largest absolute Gasteiger partial charge is 0.284 e. The van der Waals surface area contributed by atoms with Gasteiger partial charge in [0.15, 0.2) is 0 Å². The normalized spacial score (nSPS) is 53.3. The van der Waals surface area contributed by atoms with Crippen LogP contribution in [0.1, 0.15) is 13.8 Å². The summed E-state index contributed by atoms with van der Waals surface area (Å²) in [5, 5.41) is 0. The van der Waals surface area contributed by atoms with Gasteiger partial charge in [0.05, 0.1) is 26.0 Å². The van der Waals surface area contributed by atoms with Crippen molar-refractivity contribution in [2.45, 2.75) is 19.9 Å². The SMILES string of the molecule is CC(C)[N+]12CN3CN(CN(C3)C1)C2. The summed E-state index contributed by atoms with van der Waals surface area (Å²) in [5.41, 5.74) is 0. The van der Waals surface area contributed by atoms with E-state index in [1.54, 1.807) is 0 Å². The zero-order valence-electron chi connectivity index (χ0n) is 8.61. The predicted molar refractivity (Wildman–Crippen MR) is 50.1 cm³/mol. The van der Waals surface area contributed by atoms with E-state index in [0.717, 1.165) is 6.04 Å². The van der Waals surface area contributed by atoms with Gasteiger partial charge in [0.1, 0.15) is 20.0 Å². The molecule has 4 heteroatoms. The summed E-state index contributed by atoms with van der Waals surface area (Å²) in [6.07, 6.45) is 0. The van der Waals surface area contributed by atoms with Gasteiger partial charge in [-0.05, 0) is 13.8 Å². The summed E-state index contributed by atoms with van der Waals surface area (Å²) >= 11 is 0. The summed E-state index contributed by atoms with van der Waals surface area (Å²) < 4.78 is 1.26. The first-order chi connectivity index (χ1) is 6.18. The number of quaternary nitrogens is 1. The first-order valence-electron chi connectivity index (χ1n) is 5.21. The lowest BCUT2D eigenvalue weighted by Crippen LogP contribution is -2.80. The predicted octanol–water partition coefficient (Wildman–Crippen LogP) is -0.0966. The van der Waals surface area contributed by atoms with Gasteiger partial charge in [0.2, 0.25) is 0 Å². The van der Waals surface area contributed by atoms with E-state index in [0.29, 0.717) is 0 Å². The molecule has 4 bridgehead atoms. The van der Waals surface area contributed by atoms with E-state index >= 15 is 0 Å². The van der Waals surface area contributed by atoms with Crippen LogP contribution in [0.3, 0.4) is 0 Å². The molecule has 4 saturated heterocycles. The smallest absolute Gasteiger partial charge is 0.139 e. The Morgan fingerprint density at radius 1 is 0.846 bits per heavy atom. The maximum Gasteiger partial charge on any atom is 0.139 e. The first kappa shape index (κ1) is 8.17. The van der Waals surface area contributed by atoms with Crippen molar-refractivity contribution in [2.24, 2.45) is 0 Å². The molecule has 0 amide bonds. The zero-order valence-corrected chi connectivity index (χ0v) is 8.61. The molecule has 0 atom stereocenters. The van der Waals surface area contributed by atoms with Gasteiger partial charge in [-0.25, -0.2) is 14.7 Å². The van der Waals surface area contributed by atoms with E-state index in [2.05, 4.69) is 28.5 Å². The maximum absolute atomic E-state index is 2.57. The van der Waals surface area contributed by atoms with Crippen LogP contribution in [0, 0.1) is 0 Å². The molecule has 0 aromatic rings. The first-order valence-corrected chi connectivity index (χ1v) is 5.21. The molecule has 13 heavy (non-hydrogen) atoms. The molecule has 4 heterocycles. The Hall–Kier alpha value is -0.160. The Balaban J connectivity index is 1.91. The highest BCUT2D eigenvalue weighted by Crippen LogP contribution is 2.30. The molecule has 0 aromatic heterocycles. The molecule has 0 spiro atoms. The minimum atomic E-state index is 0.758. The van der Waals surface area contributed by atoms with Crippen molar-refractivity contribution in [3.8, 4) is 0 Å². The van der Waals surface area contributed by atoms with Crippen molar-refractivity contribution in [3.63, 3.8) is 0 Å². The number of hydrogen-bond acceptors (Lipinski definition) is 3. The van der Waals surface area contributed by atoms with E-state index in [1.807, 2.05) is 0 Å². The van der Waals surface area contributed by atoms with Crippen molar-refractivity contribution in [1.82, 2.24) is 14.7 Å². The van der Waals surface area contributed by atoms with Gasteiger partial charge in [-0.3, -0.25) is 4.48 Å². The van der Waals surface area contributed by atoms with Crippen LogP contribution in [0.5, 0.6) is 0 Å². The second kappa shape index (κ2) is 2.45. The molecule has 0 radical (unpaired) electrons. The Kier molecular flexibility index (Phi) is 1.54. The van der Waals surface area contributed by atoms with Gasteiger partial charge >= 0.3 is 0 Å². The third-order valence-corrected chi connectivity index (χ3v) is 3.74. The average Bonchev–Trinajstić information content (AvgIpc) is 2.00. The van der Waals surface area contributed by atoms with Crippen molar-refractivity contribution in [1.29, 1.82) is 0 Å². The Bertz CT molecular complexity index is 190. The molecule has 74 valence electrons. The average molecular weight is 183 g/mol. The summed E-state index contributed by atoms with van der Waals surface area (Å²) in [6.45, 7) is 12.1. The maximum atomic E-state index is 2.57. The molecule has 4 rings (SSSR count). The molecule has 0 aliphatic carbocycles. The van der Waals surface area contributed by atoms with E-state index in [-0.39, 0.29) is 0 Å². The summed E-state index contributed by atoms with van der Waals surface area (Å²) in [5.74, 6) is 0. The lowest BCUT2D eigenvalue weighted by atomic mass is 10.2. The minimum absolute atomic E-state index is 0.758. The molecular formula is C9H19N4+. The van der Waals surface area contributed by atoms with Crippen LogP contribution in [-0.2, 0) is 0 Å². The van der Waals surface area contributed by atoms with Gasteiger partial charge in [-0.15, -0.1) is 0 Å². The monoisotopic (exact) mass is 183 g/mol. The quantitative estimate of drug-likeness (QED) is 0.526. The molecule has 4 fully saturated rings. The summed E-state index contributed by atoms with van der Waals surface area (Å²) in [6, 6.07) is 0.758. The second-order valence-corrected chi connectivity index (χ2v) is 5.17. The minimum Gasteiger partial charge on any atom is -0.284 e. The van der Waals surface area contributed by atoms with Crippen molar-refractivity contribution in [3.05, 3.63) is 0 Å². The Morgan fingerprint density at radius 3 is 1.54 bits per heavy atom. The highest BCUT2D eigenvalue weighted by Gasteiger charge is 2.49. The number of nitrogens with zero attached hydrogens (tertiary/aromatic N) is 4. The lowest BCUT2D eigenvalue weighted by molar-refractivity contribution is -0.997. The number of rotatable bonds is 1. The van der Waals surface area contributed by atoms with Crippen LogP contribution < -0.4 is 0 Å². The molecule has 4 nitrogen and oxygen atoms in total. The van der Waals surface area contributed by atoms with Gasteiger partial charge in [0.25, 0.3) is 0 Å². The van der Waals surface area contributed by atoms with Gasteiger partial charge in [-0.2, -0.15) is 0 Å². The van der Waals surface area contributed by atoms with Crippen LogP contribution >= 0.6 is 0 Å². The third-order valence-electron chi connectivity index (χ3n) is 3.74. The molecule has 0 aromatic carbocycles. The third kappa shape index (κ3) is 1.06. The second-order valence-electron chi connectivity index (χ2n) is 5.17. The number of hydrogen-bond donors (Lipinski definition) is 0. The van der Waals surface area contributed by atoms with Crippen LogP contribution in [0.25, 0.3) is 0 Å². The molecular weight excluding hydrogens is 164 g/mol. The molecule has 0 saturated carbocycles. The van der Waals surface area contributed by atoms with E-state index in [9.17, 15) is 0 Å². The fourth-order valence-corrected chi connectivity index (χ4v) is 3.07. The molecule has 0 unspecified atom stereocenters. The molecule has 4 aliphatic heterocycles. The highest BCUT2D eigenvalue weighted by atomic mass is 15.7. The standard InChI is InChI=1S/C9H19N4/c1-9(2)13-6-10-3-11(7-13)5-12(4-10)8-13/h9H,3-8H2,1-2H3/q+1. The van der Waals surface area contributed by atoms with Crippen LogP contribution in [0.4, 0.5) is 0 Å². The summed E-state index contributed by atoms with van der Waals surface area (Å²) in [7, 11) is 0. The Labute approximate surface area is 79.9 Å². The van der Waals surface area contributed by atoms with E-state index in [1.165, 1.54) is 44.5 Å². The fraction of sp³-hybridized carbons (Fsp3) is 1.00. The van der Waals surface area contributed by atoms with Crippen molar-refractivity contribution < 1.29 is 4.48 Å². The summed E-state index contributed by atoms with van der Waals surface area (Å²) in [4.78, 5) is 7.70. The van der Waals surface area contributed by atoms with Gasteiger partial charge in [-0.1, -0.05) is 0 Å². The van der Waals surface area contributed by atoms with Crippen LogP contribution in [0.15, 0.2) is 0 Å². The van der Waals surface area contributed by atoms with Gasteiger partial charge < -0.3 is 0 Å².